The number of benzene rings is 1. The number of likely N-dealkylation sites (tertiary alicyclic amines) is 1. The van der Waals surface area contributed by atoms with E-state index >= 15 is 0 Å². The van der Waals surface area contributed by atoms with Gasteiger partial charge in [0.05, 0.1) is 24.5 Å². The molecule has 0 aliphatic carbocycles. The van der Waals surface area contributed by atoms with Crippen LogP contribution in [-0.2, 0) is 23.9 Å². The van der Waals surface area contributed by atoms with Crippen molar-refractivity contribution >= 4 is 35.1 Å². The Morgan fingerprint density at radius 3 is 2.77 bits per heavy atom. The number of halogens is 1. The standard InChI is InChI=1S/C21H25ClN2O6/c1-2-29-20(28)15-14-8-9-21(30-14)16(15)19(27)24(10-3-11-25)17(21)18(26)23-13-6-4-12(22)5-7-13/h4-7,14-17,25H,2-3,8-11H2,1H3,(H,23,26)/t14-,15+,16+,17-,21+/m0/s1. The van der Waals surface area contributed by atoms with Crippen LogP contribution in [0.25, 0.3) is 0 Å². The molecule has 30 heavy (non-hydrogen) atoms. The van der Waals surface area contributed by atoms with Gasteiger partial charge in [-0.3, -0.25) is 14.4 Å². The molecule has 0 saturated carbocycles. The van der Waals surface area contributed by atoms with Gasteiger partial charge in [-0.1, -0.05) is 11.6 Å². The number of hydrogen-bond acceptors (Lipinski definition) is 6. The van der Waals surface area contributed by atoms with Gasteiger partial charge in [0.25, 0.3) is 0 Å². The second kappa shape index (κ2) is 8.17. The van der Waals surface area contributed by atoms with Crippen molar-refractivity contribution in [3.63, 3.8) is 0 Å². The van der Waals surface area contributed by atoms with Gasteiger partial charge in [-0.25, -0.2) is 0 Å². The van der Waals surface area contributed by atoms with Gasteiger partial charge in [0.15, 0.2) is 0 Å². The van der Waals surface area contributed by atoms with Crippen LogP contribution in [0.3, 0.4) is 0 Å². The average Bonchev–Trinajstić information content (AvgIpc) is 3.35. The van der Waals surface area contributed by atoms with Gasteiger partial charge < -0.3 is 24.8 Å². The molecule has 3 aliphatic rings. The number of aliphatic hydroxyl groups excluding tert-OH is 1. The van der Waals surface area contributed by atoms with Gasteiger partial charge in [-0.05, 0) is 50.5 Å². The number of anilines is 1. The molecular weight excluding hydrogens is 412 g/mol. The van der Waals surface area contributed by atoms with E-state index in [1.54, 1.807) is 31.2 Å². The molecule has 3 aliphatic heterocycles. The summed E-state index contributed by atoms with van der Waals surface area (Å²) in [6, 6.07) is 5.80. The van der Waals surface area contributed by atoms with Gasteiger partial charge in [-0.2, -0.15) is 0 Å². The van der Waals surface area contributed by atoms with Crippen LogP contribution in [0.5, 0.6) is 0 Å². The van der Waals surface area contributed by atoms with Crippen LogP contribution in [0.2, 0.25) is 5.02 Å². The van der Waals surface area contributed by atoms with Crippen LogP contribution in [-0.4, -0.2) is 65.3 Å². The van der Waals surface area contributed by atoms with Crippen LogP contribution in [0.4, 0.5) is 5.69 Å². The van der Waals surface area contributed by atoms with E-state index in [0.29, 0.717) is 30.0 Å². The largest absolute Gasteiger partial charge is 0.466 e. The topological polar surface area (TPSA) is 105 Å². The van der Waals surface area contributed by atoms with Crippen LogP contribution in [0.1, 0.15) is 26.2 Å². The summed E-state index contributed by atoms with van der Waals surface area (Å²) in [6.45, 7) is 2.02. The Morgan fingerprint density at radius 2 is 2.10 bits per heavy atom. The van der Waals surface area contributed by atoms with Gasteiger partial charge in [-0.15, -0.1) is 0 Å². The van der Waals surface area contributed by atoms with Crippen LogP contribution in [0.15, 0.2) is 24.3 Å². The zero-order valence-electron chi connectivity index (χ0n) is 16.7. The SMILES string of the molecule is CCOC(=O)[C@@H]1[C@@H]2CC[C@]3(O2)[C@H](C(=O)Nc2ccc(Cl)cc2)N(CCCO)C(=O)[C@@H]13. The number of rotatable bonds is 7. The van der Waals surface area contributed by atoms with Crippen molar-refractivity contribution < 1.29 is 29.0 Å². The summed E-state index contributed by atoms with van der Waals surface area (Å²) in [5.74, 6) is -2.59. The number of nitrogens with zero attached hydrogens (tertiary/aromatic N) is 1. The lowest BCUT2D eigenvalue weighted by Gasteiger charge is -2.33. The lowest BCUT2D eigenvalue weighted by molar-refractivity contribution is -0.154. The third-order valence-corrected chi connectivity index (χ3v) is 6.53. The molecule has 5 atom stereocenters. The molecule has 3 fully saturated rings. The summed E-state index contributed by atoms with van der Waals surface area (Å²) in [7, 11) is 0. The minimum atomic E-state index is -1.06. The van der Waals surface area contributed by atoms with Crippen LogP contribution in [0, 0.1) is 11.8 Å². The van der Waals surface area contributed by atoms with Crippen molar-refractivity contribution in [3.8, 4) is 0 Å². The molecule has 1 spiro atoms. The van der Waals surface area contributed by atoms with E-state index in [1.807, 2.05) is 0 Å². The summed E-state index contributed by atoms with van der Waals surface area (Å²) in [5.41, 5.74) is -0.515. The van der Waals surface area contributed by atoms with Crippen molar-refractivity contribution in [3.05, 3.63) is 29.3 Å². The fraction of sp³-hybridized carbons (Fsp3) is 0.571. The maximum Gasteiger partial charge on any atom is 0.312 e. The predicted molar refractivity (Wildman–Crippen MR) is 108 cm³/mol. The van der Waals surface area contributed by atoms with E-state index in [0.717, 1.165) is 0 Å². The zero-order chi connectivity index (χ0) is 21.5. The second-order valence-electron chi connectivity index (χ2n) is 7.91. The minimum absolute atomic E-state index is 0.113. The summed E-state index contributed by atoms with van der Waals surface area (Å²) < 4.78 is 11.4. The Morgan fingerprint density at radius 1 is 1.37 bits per heavy atom. The zero-order valence-corrected chi connectivity index (χ0v) is 17.4. The van der Waals surface area contributed by atoms with Crippen molar-refractivity contribution in [2.75, 3.05) is 25.1 Å². The van der Waals surface area contributed by atoms with Crippen molar-refractivity contribution in [2.24, 2.45) is 11.8 Å². The number of ether oxygens (including phenoxy) is 2. The highest BCUT2D eigenvalue weighted by Gasteiger charge is 2.74. The van der Waals surface area contributed by atoms with E-state index in [9.17, 15) is 19.5 Å². The van der Waals surface area contributed by atoms with Gasteiger partial charge >= 0.3 is 5.97 Å². The Labute approximate surface area is 179 Å². The van der Waals surface area contributed by atoms with Crippen molar-refractivity contribution in [2.45, 2.75) is 43.9 Å². The number of aliphatic hydroxyl groups is 1. The maximum absolute atomic E-state index is 13.4. The lowest BCUT2D eigenvalue weighted by Crippen LogP contribution is -2.53. The molecule has 3 saturated heterocycles. The van der Waals surface area contributed by atoms with Crippen LogP contribution >= 0.6 is 11.6 Å². The van der Waals surface area contributed by atoms with Gasteiger partial charge in [0.2, 0.25) is 11.8 Å². The van der Waals surface area contributed by atoms with Crippen LogP contribution < -0.4 is 5.32 Å². The Bertz CT molecular complexity index is 846. The summed E-state index contributed by atoms with van der Waals surface area (Å²) in [6.07, 6.45) is 1.00. The summed E-state index contributed by atoms with van der Waals surface area (Å²) >= 11 is 5.92. The third-order valence-electron chi connectivity index (χ3n) is 6.28. The molecular formula is C21H25ClN2O6. The van der Waals surface area contributed by atoms with E-state index in [1.165, 1.54) is 4.90 Å². The molecule has 9 heteroatoms. The van der Waals surface area contributed by atoms with E-state index in [2.05, 4.69) is 5.32 Å². The van der Waals surface area contributed by atoms with Gasteiger partial charge in [0, 0.05) is 23.9 Å². The smallest absolute Gasteiger partial charge is 0.312 e. The summed E-state index contributed by atoms with van der Waals surface area (Å²) in [4.78, 5) is 40.8. The number of nitrogens with one attached hydrogen (secondary N) is 1. The Kier molecular flexibility index (Phi) is 5.74. The molecule has 162 valence electrons. The monoisotopic (exact) mass is 436 g/mol. The molecule has 4 rings (SSSR count). The molecule has 2 bridgehead atoms. The normalized spacial score (nSPS) is 31.7. The summed E-state index contributed by atoms with van der Waals surface area (Å²) in [5, 5.41) is 12.7. The number of hydrogen-bond donors (Lipinski definition) is 2. The molecule has 0 aromatic heterocycles. The minimum Gasteiger partial charge on any atom is -0.466 e. The molecule has 2 amide bonds. The predicted octanol–water partition coefficient (Wildman–Crippen LogP) is 1.60. The number of amides is 2. The van der Waals surface area contributed by atoms with Crippen molar-refractivity contribution in [1.82, 2.24) is 4.90 Å². The highest BCUT2D eigenvalue weighted by Crippen LogP contribution is 2.58. The third kappa shape index (κ3) is 3.27. The number of carbonyl (C=O) groups excluding carboxylic acids is 3. The molecule has 2 N–H and O–H groups in total. The van der Waals surface area contributed by atoms with Crippen molar-refractivity contribution in [1.29, 1.82) is 0 Å². The van der Waals surface area contributed by atoms with Gasteiger partial charge in [0.1, 0.15) is 11.6 Å². The Balaban J connectivity index is 1.66. The second-order valence-corrected chi connectivity index (χ2v) is 8.35. The fourth-order valence-corrected chi connectivity index (χ4v) is 5.31. The highest BCUT2D eigenvalue weighted by molar-refractivity contribution is 6.30. The quantitative estimate of drug-likeness (QED) is 0.629. The molecule has 1 aromatic carbocycles. The first-order chi connectivity index (χ1) is 14.4. The van der Waals surface area contributed by atoms with E-state index < -0.39 is 35.6 Å². The highest BCUT2D eigenvalue weighted by atomic mass is 35.5. The maximum atomic E-state index is 13.4. The molecule has 0 radical (unpaired) electrons. The number of fused-ring (bicyclic) bond motifs is 1. The lowest BCUT2D eigenvalue weighted by atomic mass is 9.71. The van der Waals surface area contributed by atoms with E-state index in [4.69, 9.17) is 21.1 Å². The molecule has 1 aromatic rings. The average molecular weight is 437 g/mol. The first-order valence-electron chi connectivity index (χ1n) is 10.2. The molecule has 3 heterocycles. The first-order valence-corrected chi connectivity index (χ1v) is 10.6. The van der Waals surface area contributed by atoms with E-state index in [-0.39, 0.29) is 31.6 Å². The first kappa shape index (κ1) is 21.1. The fourth-order valence-electron chi connectivity index (χ4n) is 5.19. The number of carbonyl (C=O) groups is 3. The molecule has 0 unspecified atom stereocenters. The molecule has 8 nitrogen and oxygen atoms in total. The number of esters is 1. The Hall–Kier alpha value is -2.16.